The lowest BCUT2D eigenvalue weighted by molar-refractivity contribution is -0.137. The maximum Gasteiger partial charge on any atom is 0.416 e. The molecular weight excluding hydrogens is 557 g/mol. The molecule has 0 atom stereocenters. The van der Waals surface area contributed by atoms with Gasteiger partial charge in [-0.05, 0) is 74.1 Å². The highest BCUT2D eigenvalue weighted by Gasteiger charge is 2.30. The Morgan fingerprint density at radius 2 is 1.07 bits per heavy atom. The molecule has 4 rings (SSSR count). The van der Waals surface area contributed by atoms with Gasteiger partial charge in [0.1, 0.15) is 11.6 Å². The summed E-state index contributed by atoms with van der Waals surface area (Å²) in [5.74, 6) is 0.431. The van der Waals surface area contributed by atoms with Crippen LogP contribution < -0.4 is 0 Å². The van der Waals surface area contributed by atoms with Gasteiger partial charge in [-0.25, -0.2) is 0 Å². The Morgan fingerprint density at radius 3 is 1.50 bits per heavy atom. The summed E-state index contributed by atoms with van der Waals surface area (Å²) in [4.78, 5) is 21.3. The summed E-state index contributed by atoms with van der Waals surface area (Å²) in [5.41, 5.74) is 4.87. The van der Waals surface area contributed by atoms with Crippen LogP contribution in [-0.2, 0) is 41.4 Å². The van der Waals surface area contributed by atoms with E-state index in [0.717, 1.165) is 28.6 Å². The molecule has 0 unspecified atom stereocenters. The Morgan fingerprint density at radius 1 is 0.619 bits per heavy atom. The fourth-order valence-corrected chi connectivity index (χ4v) is 3.81. The van der Waals surface area contributed by atoms with Gasteiger partial charge in [0, 0.05) is 17.9 Å². The lowest BCUT2D eigenvalue weighted by atomic mass is 10.1. The largest absolute Gasteiger partial charge is 0.416 e. The molecule has 0 N–H and O–H groups in total. The summed E-state index contributed by atoms with van der Waals surface area (Å²) in [6.07, 6.45) is -1.42. The Kier molecular flexibility index (Phi) is 16.8. The number of carbonyl (C=O) groups excluding carboxylic acids is 2. The first-order valence-corrected chi connectivity index (χ1v) is 14.2. The number of ketones is 2. The molecule has 0 saturated heterocycles. The highest BCUT2D eigenvalue weighted by atomic mass is 35.5. The van der Waals surface area contributed by atoms with Crippen LogP contribution in [0.15, 0.2) is 103 Å². The molecule has 0 amide bonds. The first-order chi connectivity index (χ1) is 19.8. The number of hydrogen-bond donors (Lipinski definition) is 0. The zero-order valence-corrected chi connectivity index (χ0v) is 25.7. The van der Waals surface area contributed by atoms with Crippen LogP contribution in [0.3, 0.4) is 0 Å². The number of aryl methyl sites for hydroxylation is 3. The zero-order chi connectivity index (χ0) is 31.5. The highest BCUT2D eigenvalue weighted by molar-refractivity contribution is 6.30. The van der Waals surface area contributed by atoms with Crippen molar-refractivity contribution in [2.75, 3.05) is 0 Å². The number of carbonyl (C=O) groups is 2. The number of benzene rings is 4. The van der Waals surface area contributed by atoms with E-state index in [2.05, 4.69) is 13.0 Å². The molecule has 0 fully saturated rings. The van der Waals surface area contributed by atoms with Gasteiger partial charge >= 0.3 is 6.18 Å². The molecule has 4 aromatic rings. The van der Waals surface area contributed by atoms with E-state index in [1.54, 1.807) is 19.9 Å². The standard InChI is InChI=1S/C10H12O.C9H9F3.C9H10O.C8H9Cl/c1-8-3-5-10(6-4-8)7-9(2)11;1-2-7-4-3-5-8(6-7)9(10,11)12;1-8(10)7-9-5-3-2-4-6-9;1-2-7-4-3-5-8(9)6-7/h3-6H,7H2,1-2H3;3-6H,2H2,1H3;2-6H,7H2,1H3;3-6H,2H2,1H3. The third-order valence-electron chi connectivity index (χ3n) is 5.83. The van der Waals surface area contributed by atoms with Gasteiger partial charge in [-0.1, -0.05) is 116 Å². The molecular formula is C36H40ClF3O2. The highest BCUT2D eigenvalue weighted by Crippen LogP contribution is 2.29. The lowest BCUT2D eigenvalue weighted by Gasteiger charge is -2.06. The maximum atomic E-state index is 12.1. The van der Waals surface area contributed by atoms with Gasteiger partial charge in [0.2, 0.25) is 0 Å². The molecule has 0 aromatic heterocycles. The van der Waals surface area contributed by atoms with Crippen molar-refractivity contribution < 1.29 is 22.8 Å². The van der Waals surface area contributed by atoms with Crippen molar-refractivity contribution in [1.29, 1.82) is 0 Å². The molecule has 0 aliphatic rings. The third-order valence-corrected chi connectivity index (χ3v) is 6.06. The van der Waals surface area contributed by atoms with Gasteiger partial charge in [0.25, 0.3) is 0 Å². The summed E-state index contributed by atoms with van der Waals surface area (Å²) in [7, 11) is 0. The van der Waals surface area contributed by atoms with Gasteiger partial charge in [-0.3, -0.25) is 9.59 Å². The Balaban J connectivity index is 0.000000281. The Labute approximate surface area is 253 Å². The smallest absolute Gasteiger partial charge is 0.300 e. The molecule has 6 heteroatoms. The minimum absolute atomic E-state index is 0.214. The summed E-state index contributed by atoms with van der Waals surface area (Å²) < 4.78 is 36.3. The summed E-state index contributed by atoms with van der Waals surface area (Å²) in [6, 6.07) is 31.1. The SMILES string of the molecule is CC(=O)Cc1ccc(C)cc1.CC(=O)Cc1ccccc1.CCc1cccc(C(F)(F)F)c1.CCc1cccc(Cl)c1. The Bertz CT molecular complexity index is 1350. The van der Waals surface area contributed by atoms with Gasteiger partial charge in [0.05, 0.1) is 5.56 Å². The monoisotopic (exact) mass is 596 g/mol. The maximum absolute atomic E-state index is 12.1. The predicted molar refractivity (Wildman–Crippen MR) is 168 cm³/mol. The molecule has 0 aliphatic carbocycles. The number of hydrogen-bond acceptors (Lipinski definition) is 2. The fourth-order valence-electron chi connectivity index (χ4n) is 3.60. The van der Waals surface area contributed by atoms with Crippen molar-refractivity contribution in [2.45, 2.75) is 66.5 Å². The van der Waals surface area contributed by atoms with Gasteiger partial charge < -0.3 is 0 Å². The summed E-state index contributed by atoms with van der Waals surface area (Å²) >= 11 is 5.72. The molecule has 224 valence electrons. The van der Waals surface area contributed by atoms with E-state index < -0.39 is 11.7 Å². The topological polar surface area (TPSA) is 34.1 Å². The van der Waals surface area contributed by atoms with Gasteiger partial charge in [-0.15, -0.1) is 0 Å². The van der Waals surface area contributed by atoms with Crippen LogP contribution in [0, 0.1) is 6.92 Å². The molecule has 4 aromatic carbocycles. The summed E-state index contributed by atoms with van der Waals surface area (Å²) in [6.45, 7) is 9.20. The molecule has 0 saturated carbocycles. The van der Waals surface area contributed by atoms with Crippen LogP contribution in [0.25, 0.3) is 0 Å². The van der Waals surface area contributed by atoms with Crippen LogP contribution in [0.2, 0.25) is 5.02 Å². The van der Waals surface area contributed by atoms with Crippen molar-refractivity contribution in [3.8, 4) is 0 Å². The first-order valence-electron chi connectivity index (χ1n) is 13.8. The molecule has 0 aliphatic heterocycles. The average molecular weight is 597 g/mol. The van der Waals surface area contributed by atoms with Crippen molar-refractivity contribution in [2.24, 2.45) is 0 Å². The Hall–Kier alpha value is -3.70. The van der Waals surface area contributed by atoms with E-state index in [1.807, 2.05) is 86.6 Å². The second-order valence-electron chi connectivity index (χ2n) is 9.76. The molecule has 0 radical (unpaired) electrons. The quantitative estimate of drug-likeness (QED) is 0.222. The number of halogens is 4. The van der Waals surface area contributed by atoms with Crippen molar-refractivity contribution in [3.63, 3.8) is 0 Å². The van der Waals surface area contributed by atoms with Gasteiger partial charge in [-0.2, -0.15) is 13.2 Å². The van der Waals surface area contributed by atoms with Crippen LogP contribution in [-0.4, -0.2) is 11.6 Å². The number of rotatable bonds is 6. The van der Waals surface area contributed by atoms with Crippen LogP contribution in [0.4, 0.5) is 13.2 Å². The van der Waals surface area contributed by atoms with Crippen LogP contribution in [0.1, 0.15) is 61.1 Å². The number of Topliss-reactive ketones (excluding diaryl/α,β-unsaturated/α-hetero) is 2. The first kappa shape index (κ1) is 36.3. The van der Waals surface area contributed by atoms with E-state index in [0.29, 0.717) is 24.8 Å². The molecule has 0 bridgehead atoms. The molecule has 42 heavy (non-hydrogen) atoms. The second-order valence-corrected chi connectivity index (χ2v) is 10.2. The molecule has 0 heterocycles. The number of alkyl halides is 3. The molecule has 0 spiro atoms. The fraction of sp³-hybridized carbons (Fsp3) is 0.278. The van der Waals surface area contributed by atoms with Crippen molar-refractivity contribution in [3.05, 3.63) is 142 Å². The van der Waals surface area contributed by atoms with E-state index in [-0.39, 0.29) is 11.6 Å². The minimum atomic E-state index is -4.22. The van der Waals surface area contributed by atoms with Crippen molar-refractivity contribution in [1.82, 2.24) is 0 Å². The minimum Gasteiger partial charge on any atom is -0.300 e. The van der Waals surface area contributed by atoms with E-state index in [9.17, 15) is 22.8 Å². The second kappa shape index (κ2) is 19.4. The zero-order valence-electron chi connectivity index (χ0n) is 25.0. The van der Waals surface area contributed by atoms with E-state index in [1.165, 1.54) is 23.3 Å². The lowest BCUT2D eigenvalue weighted by Crippen LogP contribution is -2.04. The summed E-state index contributed by atoms with van der Waals surface area (Å²) in [5, 5.41) is 0.828. The van der Waals surface area contributed by atoms with Crippen LogP contribution in [0.5, 0.6) is 0 Å². The van der Waals surface area contributed by atoms with Crippen LogP contribution >= 0.6 is 11.6 Å². The van der Waals surface area contributed by atoms with E-state index >= 15 is 0 Å². The normalized spacial score (nSPS) is 10.1. The van der Waals surface area contributed by atoms with Crippen molar-refractivity contribution >= 4 is 23.2 Å². The third kappa shape index (κ3) is 16.5. The molecule has 2 nitrogen and oxygen atoms in total. The predicted octanol–water partition coefficient (Wildman–Crippen LogP) is 10.1. The van der Waals surface area contributed by atoms with E-state index in [4.69, 9.17) is 11.6 Å². The van der Waals surface area contributed by atoms with Gasteiger partial charge in [0.15, 0.2) is 0 Å². The average Bonchev–Trinajstić information content (AvgIpc) is 2.95.